The Labute approximate surface area is 88.1 Å². The fourth-order valence-corrected chi connectivity index (χ4v) is 0.810. The summed E-state index contributed by atoms with van der Waals surface area (Å²) in [7, 11) is 0. The number of amides is 1. The van der Waals surface area contributed by atoms with E-state index in [4.69, 9.17) is 4.74 Å². The number of aromatic nitrogens is 1. The minimum absolute atomic E-state index is 0.297. The first-order chi connectivity index (χ1) is 7.33. The molecule has 0 saturated heterocycles. The lowest BCUT2D eigenvalue weighted by Gasteiger charge is -2.04. The van der Waals surface area contributed by atoms with Crippen molar-refractivity contribution in [1.82, 2.24) is 10.4 Å². The zero-order valence-corrected chi connectivity index (χ0v) is 8.43. The quantitative estimate of drug-likeness (QED) is 0.431. The Hall–Kier alpha value is -2.04. The van der Waals surface area contributed by atoms with E-state index in [1.807, 2.05) is 13.0 Å². The van der Waals surface area contributed by atoms with Crippen molar-refractivity contribution < 1.29 is 9.53 Å². The number of anilines is 1. The topological polar surface area (TPSA) is 63.2 Å². The molecule has 15 heavy (non-hydrogen) atoms. The maximum absolute atomic E-state index is 11.1. The highest BCUT2D eigenvalue weighted by molar-refractivity contribution is 5.87. The second-order valence-electron chi connectivity index (χ2n) is 2.59. The number of hydrazine groups is 1. The summed E-state index contributed by atoms with van der Waals surface area (Å²) in [6.07, 6.45) is 4.26. The van der Waals surface area contributed by atoms with Gasteiger partial charge in [-0.25, -0.2) is 4.98 Å². The van der Waals surface area contributed by atoms with Crippen molar-refractivity contribution in [2.24, 2.45) is 0 Å². The third-order valence-electron chi connectivity index (χ3n) is 1.46. The van der Waals surface area contributed by atoms with E-state index in [1.54, 1.807) is 18.3 Å². The van der Waals surface area contributed by atoms with Crippen LogP contribution in [0.1, 0.15) is 6.92 Å². The largest absolute Gasteiger partial charge is 0.501 e. The standard InChI is InChI=1S/C10H13N3O2/c1-2-15-8-6-10(14)13-12-9-5-3-4-7-11-9/h3-8H,2H2,1H3,(H,11,12)(H,13,14). The van der Waals surface area contributed by atoms with Gasteiger partial charge in [-0.1, -0.05) is 6.07 Å². The summed E-state index contributed by atoms with van der Waals surface area (Å²) in [5, 5.41) is 0. The molecule has 1 aromatic heterocycles. The van der Waals surface area contributed by atoms with Gasteiger partial charge in [0.1, 0.15) is 5.82 Å². The molecule has 0 atom stereocenters. The predicted molar refractivity (Wildman–Crippen MR) is 56.8 cm³/mol. The van der Waals surface area contributed by atoms with Crippen molar-refractivity contribution in [1.29, 1.82) is 0 Å². The van der Waals surface area contributed by atoms with Crippen LogP contribution in [0.5, 0.6) is 0 Å². The smallest absolute Gasteiger partial charge is 0.265 e. The SMILES string of the molecule is CCOC=CC(=O)NNc1ccccn1. The zero-order chi connectivity index (χ0) is 10.9. The molecule has 0 fully saturated rings. The van der Waals surface area contributed by atoms with Gasteiger partial charge >= 0.3 is 0 Å². The molecule has 0 radical (unpaired) electrons. The van der Waals surface area contributed by atoms with E-state index in [2.05, 4.69) is 15.8 Å². The average molecular weight is 207 g/mol. The number of nitrogens with zero attached hydrogens (tertiary/aromatic N) is 1. The summed E-state index contributed by atoms with van der Waals surface area (Å²) in [5.74, 6) is 0.282. The number of pyridine rings is 1. The first-order valence-electron chi connectivity index (χ1n) is 4.58. The van der Waals surface area contributed by atoms with Crippen LogP contribution in [-0.2, 0) is 9.53 Å². The fourth-order valence-electron chi connectivity index (χ4n) is 0.810. The number of hydrogen-bond donors (Lipinski definition) is 2. The van der Waals surface area contributed by atoms with Gasteiger partial charge in [0.2, 0.25) is 0 Å². The first kappa shape index (κ1) is 11.0. The van der Waals surface area contributed by atoms with Crippen molar-refractivity contribution in [3.05, 3.63) is 36.7 Å². The molecular formula is C10H13N3O2. The van der Waals surface area contributed by atoms with Gasteiger partial charge in [0.25, 0.3) is 5.91 Å². The summed E-state index contributed by atoms with van der Waals surface area (Å²) in [6, 6.07) is 5.35. The molecule has 0 aromatic carbocycles. The Morgan fingerprint density at radius 2 is 2.47 bits per heavy atom. The molecule has 1 rings (SSSR count). The molecule has 0 saturated carbocycles. The molecule has 0 aliphatic carbocycles. The average Bonchev–Trinajstić information content (AvgIpc) is 2.28. The first-order valence-corrected chi connectivity index (χ1v) is 4.58. The van der Waals surface area contributed by atoms with Gasteiger partial charge in [-0.2, -0.15) is 0 Å². The van der Waals surface area contributed by atoms with Gasteiger partial charge in [-0.05, 0) is 19.1 Å². The van der Waals surface area contributed by atoms with E-state index in [0.717, 1.165) is 0 Å². The molecule has 80 valence electrons. The molecular weight excluding hydrogens is 194 g/mol. The Bertz CT molecular complexity index is 325. The van der Waals surface area contributed by atoms with Gasteiger partial charge in [-0.3, -0.25) is 15.6 Å². The van der Waals surface area contributed by atoms with Crippen LogP contribution in [0.4, 0.5) is 5.82 Å². The lowest BCUT2D eigenvalue weighted by molar-refractivity contribution is -0.116. The molecule has 0 aliphatic rings. The Balaban J connectivity index is 2.28. The highest BCUT2D eigenvalue weighted by atomic mass is 16.5. The zero-order valence-electron chi connectivity index (χ0n) is 8.43. The molecule has 0 unspecified atom stereocenters. The number of rotatable bonds is 5. The Morgan fingerprint density at radius 1 is 1.60 bits per heavy atom. The lowest BCUT2D eigenvalue weighted by atomic mass is 10.5. The molecule has 1 amide bonds. The normalized spacial score (nSPS) is 9.93. The van der Waals surface area contributed by atoms with Crippen LogP contribution < -0.4 is 10.9 Å². The third kappa shape index (κ3) is 4.66. The van der Waals surface area contributed by atoms with Crippen LogP contribution in [-0.4, -0.2) is 17.5 Å². The van der Waals surface area contributed by atoms with E-state index in [1.165, 1.54) is 12.3 Å². The van der Waals surface area contributed by atoms with Crippen molar-refractivity contribution in [2.45, 2.75) is 6.92 Å². The van der Waals surface area contributed by atoms with Crippen LogP contribution >= 0.6 is 0 Å². The fraction of sp³-hybridized carbons (Fsp3) is 0.200. The molecule has 0 bridgehead atoms. The van der Waals surface area contributed by atoms with E-state index in [0.29, 0.717) is 12.4 Å². The highest BCUT2D eigenvalue weighted by Crippen LogP contribution is 1.96. The molecule has 0 spiro atoms. The molecule has 5 nitrogen and oxygen atoms in total. The van der Waals surface area contributed by atoms with Crippen LogP contribution in [0.25, 0.3) is 0 Å². The van der Waals surface area contributed by atoms with Crippen molar-refractivity contribution in [3.63, 3.8) is 0 Å². The number of carbonyl (C=O) groups excluding carboxylic acids is 1. The number of hydrogen-bond acceptors (Lipinski definition) is 4. The predicted octanol–water partition coefficient (Wildman–Crippen LogP) is 1.07. The number of nitrogens with one attached hydrogen (secondary N) is 2. The summed E-state index contributed by atoms with van der Waals surface area (Å²) in [5.41, 5.74) is 5.09. The van der Waals surface area contributed by atoms with Crippen molar-refractivity contribution >= 4 is 11.7 Å². The summed E-state index contributed by atoms with van der Waals surface area (Å²) in [6.45, 7) is 2.38. The monoisotopic (exact) mass is 207 g/mol. The Kier molecular flexibility index (Phi) is 4.72. The van der Waals surface area contributed by atoms with Crippen molar-refractivity contribution in [2.75, 3.05) is 12.0 Å². The summed E-state index contributed by atoms with van der Waals surface area (Å²) < 4.78 is 4.87. The minimum atomic E-state index is -0.297. The lowest BCUT2D eigenvalue weighted by Crippen LogP contribution is -2.27. The third-order valence-corrected chi connectivity index (χ3v) is 1.46. The molecule has 0 aliphatic heterocycles. The summed E-state index contributed by atoms with van der Waals surface area (Å²) >= 11 is 0. The number of ether oxygens (including phenoxy) is 1. The van der Waals surface area contributed by atoms with Crippen LogP contribution in [0.3, 0.4) is 0 Å². The van der Waals surface area contributed by atoms with Gasteiger partial charge in [0.05, 0.1) is 12.9 Å². The second kappa shape index (κ2) is 6.42. The van der Waals surface area contributed by atoms with Crippen LogP contribution in [0.15, 0.2) is 36.7 Å². The second-order valence-corrected chi connectivity index (χ2v) is 2.59. The molecule has 5 heteroatoms. The maximum atomic E-state index is 11.1. The van der Waals surface area contributed by atoms with Gasteiger partial charge in [0, 0.05) is 12.3 Å². The highest BCUT2D eigenvalue weighted by Gasteiger charge is 1.94. The van der Waals surface area contributed by atoms with E-state index < -0.39 is 0 Å². The van der Waals surface area contributed by atoms with Crippen LogP contribution in [0.2, 0.25) is 0 Å². The van der Waals surface area contributed by atoms with Gasteiger partial charge in [0.15, 0.2) is 0 Å². The van der Waals surface area contributed by atoms with Gasteiger partial charge in [-0.15, -0.1) is 0 Å². The summed E-state index contributed by atoms with van der Waals surface area (Å²) in [4.78, 5) is 15.1. The van der Waals surface area contributed by atoms with E-state index in [9.17, 15) is 4.79 Å². The molecule has 1 aromatic rings. The Morgan fingerprint density at radius 3 is 3.13 bits per heavy atom. The molecule has 1 heterocycles. The van der Waals surface area contributed by atoms with E-state index >= 15 is 0 Å². The maximum Gasteiger partial charge on any atom is 0.265 e. The van der Waals surface area contributed by atoms with Crippen molar-refractivity contribution in [3.8, 4) is 0 Å². The minimum Gasteiger partial charge on any atom is -0.501 e. The van der Waals surface area contributed by atoms with Crippen LogP contribution in [0, 0.1) is 0 Å². The van der Waals surface area contributed by atoms with E-state index in [-0.39, 0.29) is 5.91 Å². The number of carbonyl (C=O) groups is 1. The van der Waals surface area contributed by atoms with Gasteiger partial charge < -0.3 is 4.74 Å². The molecule has 2 N–H and O–H groups in total.